The molecular weight excluding hydrogens is 439 g/mol. The summed E-state index contributed by atoms with van der Waals surface area (Å²) in [6.45, 7) is 4.47. The number of hydrogen-bond donors (Lipinski definition) is 1. The Morgan fingerprint density at radius 2 is 0.969 bits per heavy atom. The molecule has 0 radical (unpaired) electrons. The molecule has 32 heavy (non-hydrogen) atoms. The van der Waals surface area contributed by atoms with Crippen molar-refractivity contribution in [2.75, 3.05) is 6.61 Å². The van der Waals surface area contributed by atoms with Gasteiger partial charge in [0.2, 0.25) is 10.4 Å². The van der Waals surface area contributed by atoms with Gasteiger partial charge in [-0.15, -0.1) is 0 Å². The molecule has 0 unspecified atom stereocenters. The van der Waals surface area contributed by atoms with Crippen molar-refractivity contribution in [1.29, 1.82) is 0 Å². The molecule has 0 aliphatic rings. The van der Waals surface area contributed by atoms with Crippen LogP contribution in [-0.2, 0) is 19.4 Å². The second-order valence-electron chi connectivity index (χ2n) is 8.38. The first-order chi connectivity index (χ1) is 14.8. The minimum atomic E-state index is -4.48. The number of unbranched alkanes of at least 4 members (excludes halogenated alkanes) is 17. The molecule has 0 aliphatic heterocycles. The van der Waals surface area contributed by atoms with Gasteiger partial charge in [0.1, 0.15) is 0 Å². The molecule has 0 aromatic carbocycles. The Morgan fingerprint density at radius 1 is 0.656 bits per heavy atom. The molecule has 8 heteroatoms. The van der Waals surface area contributed by atoms with Crippen molar-refractivity contribution in [2.45, 2.75) is 142 Å². The number of carboxylic acid groups (broad SMARTS) is 1. The van der Waals surface area contributed by atoms with E-state index in [4.69, 9.17) is 5.11 Å². The van der Waals surface area contributed by atoms with E-state index in [0.29, 0.717) is 12.8 Å². The first kappa shape index (κ1) is 36.9. The van der Waals surface area contributed by atoms with E-state index in [-0.39, 0.29) is 36.2 Å². The van der Waals surface area contributed by atoms with Crippen molar-refractivity contribution in [2.24, 2.45) is 0 Å². The van der Waals surface area contributed by atoms with E-state index in [1.54, 1.807) is 0 Å². The van der Waals surface area contributed by atoms with Crippen LogP contribution in [0, 0.1) is 0 Å². The maximum Gasteiger partial charge on any atom is 1.00 e. The van der Waals surface area contributed by atoms with Gasteiger partial charge in [0.05, 0.1) is 6.61 Å². The van der Waals surface area contributed by atoms with E-state index in [1.165, 1.54) is 89.9 Å². The van der Waals surface area contributed by atoms with Gasteiger partial charge < -0.3 is 9.66 Å². The van der Waals surface area contributed by atoms with Crippen LogP contribution in [0.3, 0.4) is 0 Å². The van der Waals surface area contributed by atoms with E-state index >= 15 is 0 Å². The van der Waals surface area contributed by atoms with Crippen molar-refractivity contribution in [3.63, 3.8) is 0 Å². The number of carboxylic acids is 1. The van der Waals surface area contributed by atoms with E-state index < -0.39 is 16.4 Å². The van der Waals surface area contributed by atoms with Gasteiger partial charge in [-0.3, -0.25) is 8.98 Å². The summed E-state index contributed by atoms with van der Waals surface area (Å²) in [5.41, 5.74) is 0. The summed E-state index contributed by atoms with van der Waals surface area (Å²) < 4.78 is 34.5. The first-order valence-electron chi connectivity index (χ1n) is 12.7. The molecule has 6 nitrogen and oxygen atoms in total. The normalized spacial score (nSPS) is 10.8. The van der Waals surface area contributed by atoms with Crippen molar-refractivity contribution < 1.29 is 56.6 Å². The zero-order valence-electron chi connectivity index (χ0n) is 21.2. The second-order valence-corrected chi connectivity index (χ2v) is 9.44. The minimum absolute atomic E-state index is 0. The average molecular weight is 489 g/mol. The number of rotatable bonds is 22. The predicted octanol–water partition coefficient (Wildman–Crippen LogP) is 4.38. The fraction of sp³-hybridized carbons (Fsp3) is 0.958. The van der Waals surface area contributed by atoms with Crippen LogP contribution in [0.4, 0.5) is 0 Å². The molecule has 1 N–H and O–H groups in total. The van der Waals surface area contributed by atoms with Gasteiger partial charge >= 0.3 is 35.5 Å². The van der Waals surface area contributed by atoms with Gasteiger partial charge in [0.25, 0.3) is 0 Å². The van der Waals surface area contributed by atoms with Crippen LogP contribution in [0.5, 0.6) is 0 Å². The standard InChI is InChI=1S/C12H26O4S.C12H24O2.Na/c1-2-3-4-5-6-7-8-9-10-11-12-16-17(13,14)15;1-2-3-4-5-6-7-8-9-10-11-12(13)14;/h2-12H2,1H3,(H,13,14,15);2-11H2,1H3,(H,13,14);/q;;+1/p-1. The van der Waals surface area contributed by atoms with Crippen LogP contribution < -0.4 is 29.6 Å². The van der Waals surface area contributed by atoms with E-state index in [2.05, 4.69) is 18.0 Å². The SMILES string of the molecule is CCCCCCCCCCCC(=O)O.CCCCCCCCCCCCOS(=O)(=O)[O-].[Na+]. The number of hydrogen-bond acceptors (Lipinski definition) is 5. The molecule has 0 amide bonds. The number of aliphatic carboxylic acids is 1. The van der Waals surface area contributed by atoms with Crippen LogP contribution in [0.25, 0.3) is 0 Å². The van der Waals surface area contributed by atoms with Crippen LogP contribution in [-0.4, -0.2) is 30.7 Å². The Labute approximate surface area is 220 Å². The number of carbonyl (C=O) groups is 1. The molecule has 0 heterocycles. The molecule has 0 saturated carbocycles. The zero-order chi connectivity index (χ0) is 23.6. The third-order valence-electron chi connectivity index (χ3n) is 5.22. The molecule has 188 valence electrons. The van der Waals surface area contributed by atoms with E-state index in [9.17, 15) is 17.8 Å². The topological polar surface area (TPSA) is 104 Å². The molecule has 0 rings (SSSR count). The molecule has 0 saturated heterocycles. The summed E-state index contributed by atoms with van der Waals surface area (Å²) >= 11 is 0. The van der Waals surface area contributed by atoms with E-state index in [0.717, 1.165) is 25.7 Å². The van der Waals surface area contributed by atoms with Crippen molar-refractivity contribution >= 4 is 16.4 Å². The molecular formula is C24H49NaO6S. The molecule has 0 aromatic heterocycles. The molecule has 0 spiro atoms. The predicted molar refractivity (Wildman–Crippen MR) is 127 cm³/mol. The first-order valence-corrected chi connectivity index (χ1v) is 14.0. The summed E-state index contributed by atoms with van der Waals surface area (Å²) in [7, 11) is -4.48. The Hall–Kier alpha value is 0.340. The van der Waals surface area contributed by atoms with Gasteiger partial charge in [-0.05, 0) is 12.8 Å². The Kier molecular flexibility index (Phi) is 33.9. The third-order valence-corrected chi connectivity index (χ3v) is 5.68. The Morgan fingerprint density at radius 3 is 1.28 bits per heavy atom. The third kappa shape index (κ3) is 40.7. The fourth-order valence-corrected chi connectivity index (χ4v) is 3.66. The monoisotopic (exact) mass is 488 g/mol. The zero-order valence-corrected chi connectivity index (χ0v) is 24.1. The Balaban J connectivity index is -0.000000519. The van der Waals surface area contributed by atoms with Crippen LogP contribution >= 0.6 is 0 Å². The average Bonchev–Trinajstić information content (AvgIpc) is 2.70. The van der Waals surface area contributed by atoms with Gasteiger partial charge in [0.15, 0.2) is 0 Å². The van der Waals surface area contributed by atoms with Gasteiger partial charge in [-0.25, -0.2) is 8.42 Å². The van der Waals surface area contributed by atoms with Gasteiger partial charge in [0, 0.05) is 6.42 Å². The summed E-state index contributed by atoms with van der Waals surface area (Å²) in [6.07, 6.45) is 23.2. The minimum Gasteiger partial charge on any atom is -0.726 e. The van der Waals surface area contributed by atoms with Crippen molar-refractivity contribution in [3.05, 3.63) is 0 Å². The van der Waals surface area contributed by atoms with Crippen LogP contribution in [0.2, 0.25) is 0 Å². The molecule has 0 atom stereocenters. The smallest absolute Gasteiger partial charge is 0.726 e. The van der Waals surface area contributed by atoms with Crippen LogP contribution in [0.15, 0.2) is 0 Å². The maximum absolute atomic E-state index is 10.2. The summed E-state index contributed by atoms with van der Waals surface area (Å²) in [5, 5.41) is 8.41. The van der Waals surface area contributed by atoms with Gasteiger partial charge in [-0.2, -0.15) is 0 Å². The van der Waals surface area contributed by atoms with Crippen molar-refractivity contribution in [1.82, 2.24) is 0 Å². The van der Waals surface area contributed by atoms with Gasteiger partial charge in [-0.1, -0.05) is 123 Å². The molecule has 0 aromatic rings. The quantitative estimate of drug-likeness (QED) is 0.105. The van der Waals surface area contributed by atoms with E-state index in [1.807, 2.05) is 0 Å². The summed E-state index contributed by atoms with van der Waals surface area (Å²) in [4.78, 5) is 10.2. The molecule has 0 bridgehead atoms. The molecule has 0 aliphatic carbocycles. The summed E-state index contributed by atoms with van der Waals surface area (Å²) in [6, 6.07) is 0. The Bertz CT molecular complexity index is 471. The second kappa shape index (κ2) is 29.4. The fourth-order valence-electron chi connectivity index (χ4n) is 3.34. The summed E-state index contributed by atoms with van der Waals surface area (Å²) in [5.74, 6) is -0.659. The van der Waals surface area contributed by atoms with Crippen molar-refractivity contribution in [3.8, 4) is 0 Å². The maximum atomic E-state index is 10.2. The molecule has 0 fully saturated rings. The van der Waals surface area contributed by atoms with Crippen LogP contribution in [0.1, 0.15) is 142 Å². The largest absolute Gasteiger partial charge is 1.00 e.